The van der Waals surface area contributed by atoms with Crippen LogP contribution in [0.25, 0.3) is 0 Å². The highest BCUT2D eigenvalue weighted by Gasteiger charge is 2.21. The summed E-state index contributed by atoms with van der Waals surface area (Å²) < 4.78 is 2.12. The average molecular weight is 152 g/mol. The zero-order valence-corrected chi connectivity index (χ0v) is 6.62. The van der Waals surface area contributed by atoms with Crippen LogP contribution in [0.3, 0.4) is 0 Å². The molecule has 0 amide bonds. The Balaban J connectivity index is 2.37. The predicted molar refractivity (Wildman–Crippen MR) is 41.3 cm³/mol. The number of aromatic nitrogens is 2. The van der Waals surface area contributed by atoms with E-state index in [4.69, 9.17) is 0 Å². The van der Waals surface area contributed by atoms with E-state index in [1.165, 1.54) is 5.69 Å². The topological polar surface area (TPSA) is 38.0 Å². The van der Waals surface area contributed by atoms with E-state index in [1.807, 2.05) is 6.20 Å². The number of fused-ring (bicyclic) bond motifs is 1. The maximum Gasteiger partial charge on any atom is 0.111 e. The third kappa shape index (κ3) is 0.959. The molecule has 0 spiro atoms. The highest BCUT2D eigenvalue weighted by molar-refractivity contribution is 5.10. The first-order valence-corrected chi connectivity index (χ1v) is 4.02. The normalized spacial score (nSPS) is 22.2. The molecular weight excluding hydrogens is 140 g/mol. The summed E-state index contributed by atoms with van der Waals surface area (Å²) in [6.45, 7) is 2.84. The minimum Gasteiger partial charge on any atom is -0.391 e. The van der Waals surface area contributed by atoms with Crippen molar-refractivity contribution in [2.45, 2.75) is 32.4 Å². The Kier molecular flexibility index (Phi) is 1.46. The van der Waals surface area contributed by atoms with Crippen LogP contribution in [0.2, 0.25) is 0 Å². The van der Waals surface area contributed by atoms with E-state index >= 15 is 0 Å². The molecule has 1 aromatic heterocycles. The van der Waals surface area contributed by atoms with Crippen LogP contribution < -0.4 is 0 Å². The van der Waals surface area contributed by atoms with Gasteiger partial charge in [-0.25, -0.2) is 4.98 Å². The molecule has 0 saturated heterocycles. The molecule has 0 saturated carbocycles. The first-order valence-electron chi connectivity index (χ1n) is 4.02. The van der Waals surface area contributed by atoms with Crippen molar-refractivity contribution in [1.29, 1.82) is 0 Å². The van der Waals surface area contributed by atoms with Gasteiger partial charge in [-0.1, -0.05) is 6.92 Å². The average Bonchev–Trinajstić information content (AvgIpc) is 2.45. The van der Waals surface area contributed by atoms with Gasteiger partial charge >= 0.3 is 0 Å². The zero-order chi connectivity index (χ0) is 7.84. The monoisotopic (exact) mass is 152 g/mol. The number of rotatable bonds is 1. The van der Waals surface area contributed by atoms with Gasteiger partial charge in [0.2, 0.25) is 0 Å². The lowest BCUT2D eigenvalue weighted by atomic mass is 10.3. The molecule has 1 N–H and O–H groups in total. The minimum atomic E-state index is -0.205. The van der Waals surface area contributed by atoms with E-state index in [-0.39, 0.29) is 6.10 Å². The van der Waals surface area contributed by atoms with E-state index in [2.05, 4.69) is 16.5 Å². The predicted octanol–water partition coefficient (Wildman–Crippen LogP) is 0.362. The van der Waals surface area contributed by atoms with Crippen molar-refractivity contribution in [2.75, 3.05) is 0 Å². The van der Waals surface area contributed by atoms with Crippen LogP contribution in [0.5, 0.6) is 0 Å². The first kappa shape index (κ1) is 6.85. The molecule has 3 heteroatoms. The van der Waals surface area contributed by atoms with Crippen LogP contribution in [0.4, 0.5) is 0 Å². The molecule has 0 radical (unpaired) electrons. The summed E-state index contributed by atoms with van der Waals surface area (Å²) >= 11 is 0. The fraction of sp³-hybridized carbons (Fsp3) is 0.625. The van der Waals surface area contributed by atoms with E-state index in [1.54, 1.807) is 0 Å². The van der Waals surface area contributed by atoms with E-state index in [0.717, 1.165) is 25.2 Å². The number of hydrogen-bond acceptors (Lipinski definition) is 2. The van der Waals surface area contributed by atoms with Crippen molar-refractivity contribution in [1.82, 2.24) is 9.55 Å². The third-order valence-electron chi connectivity index (χ3n) is 2.19. The quantitative estimate of drug-likeness (QED) is 0.631. The van der Waals surface area contributed by atoms with Gasteiger partial charge in [-0.3, -0.25) is 0 Å². The summed E-state index contributed by atoms with van der Waals surface area (Å²) in [6, 6.07) is 0. The van der Waals surface area contributed by atoms with E-state index in [9.17, 15) is 5.11 Å². The van der Waals surface area contributed by atoms with Crippen molar-refractivity contribution < 1.29 is 5.11 Å². The molecule has 0 fully saturated rings. The van der Waals surface area contributed by atoms with E-state index < -0.39 is 0 Å². The largest absolute Gasteiger partial charge is 0.391 e. The Bertz CT molecular complexity index is 267. The highest BCUT2D eigenvalue weighted by Crippen LogP contribution is 2.16. The van der Waals surface area contributed by atoms with Gasteiger partial charge in [-0.05, 0) is 6.42 Å². The van der Waals surface area contributed by atoms with Gasteiger partial charge in [0.05, 0.1) is 12.6 Å². The molecule has 1 atom stereocenters. The third-order valence-corrected chi connectivity index (χ3v) is 2.19. The molecule has 0 bridgehead atoms. The summed E-state index contributed by atoms with van der Waals surface area (Å²) in [5.74, 6) is 1.04. The molecule has 11 heavy (non-hydrogen) atoms. The molecule has 0 aromatic carbocycles. The number of nitrogens with zero attached hydrogens (tertiary/aromatic N) is 2. The number of imidazole rings is 1. The van der Waals surface area contributed by atoms with Gasteiger partial charge in [0, 0.05) is 18.3 Å². The summed E-state index contributed by atoms with van der Waals surface area (Å²) in [5.41, 5.74) is 1.23. The number of aliphatic hydroxyl groups is 1. The lowest BCUT2D eigenvalue weighted by molar-refractivity contribution is 0.174. The second-order valence-corrected chi connectivity index (χ2v) is 2.99. The smallest absolute Gasteiger partial charge is 0.111 e. The Morgan fingerprint density at radius 3 is 3.36 bits per heavy atom. The Morgan fingerprint density at radius 2 is 2.64 bits per heavy atom. The molecular formula is C8H12N2O. The fourth-order valence-corrected chi connectivity index (χ4v) is 1.61. The Hall–Kier alpha value is -0.830. The number of hydrogen-bond donors (Lipinski definition) is 1. The van der Waals surface area contributed by atoms with E-state index in [0.29, 0.717) is 0 Å². The molecule has 0 aliphatic carbocycles. The van der Waals surface area contributed by atoms with Crippen LogP contribution in [0.15, 0.2) is 6.20 Å². The number of aryl methyl sites for hydroxylation is 1. The lowest BCUT2D eigenvalue weighted by Gasteiger charge is -2.01. The van der Waals surface area contributed by atoms with Crippen LogP contribution in [-0.2, 0) is 19.4 Å². The minimum absolute atomic E-state index is 0.205. The molecule has 1 aliphatic heterocycles. The van der Waals surface area contributed by atoms with Gasteiger partial charge < -0.3 is 9.67 Å². The van der Waals surface area contributed by atoms with Crippen molar-refractivity contribution in [3.05, 3.63) is 17.7 Å². The molecule has 2 heterocycles. The molecule has 3 nitrogen and oxygen atoms in total. The SMILES string of the molecule is CCc1cnc2n1C[C@H](O)C2. The maximum absolute atomic E-state index is 9.30. The lowest BCUT2D eigenvalue weighted by Crippen LogP contribution is -2.08. The van der Waals surface area contributed by atoms with Crippen molar-refractivity contribution >= 4 is 0 Å². The molecule has 60 valence electrons. The van der Waals surface area contributed by atoms with Crippen molar-refractivity contribution in [3.8, 4) is 0 Å². The molecule has 1 aliphatic rings. The summed E-state index contributed by atoms with van der Waals surface area (Å²) in [7, 11) is 0. The standard InChI is InChI=1S/C8H12N2O/c1-2-6-4-9-8-3-7(11)5-10(6)8/h4,7,11H,2-3,5H2,1H3/t7-/m1/s1. The fourth-order valence-electron chi connectivity index (χ4n) is 1.61. The summed E-state index contributed by atoms with van der Waals surface area (Å²) in [4.78, 5) is 4.22. The van der Waals surface area contributed by atoms with Gasteiger partial charge in [0.1, 0.15) is 5.82 Å². The molecule has 2 rings (SSSR count). The zero-order valence-electron chi connectivity index (χ0n) is 6.62. The van der Waals surface area contributed by atoms with Gasteiger partial charge in [0.15, 0.2) is 0 Å². The number of aliphatic hydroxyl groups excluding tert-OH is 1. The Morgan fingerprint density at radius 1 is 1.82 bits per heavy atom. The Labute approximate surface area is 65.7 Å². The van der Waals surface area contributed by atoms with Crippen LogP contribution >= 0.6 is 0 Å². The van der Waals surface area contributed by atoms with Crippen LogP contribution in [0.1, 0.15) is 18.4 Å². The van der Waals surface area contributed by atoms with Crippen molar-refractivity contribution in [2.24, 2.45) is 0 Å². The van der Waals surface area contributed by atoms with Gasteiger partial charge in [0.25, 0.3) is 0 Å². The summed E-state index contributed by atoms with van der Waals surface area (Å²) in [6.07, 6.45) is 3.42. The summed E-state index contributed by atoms with van der Waals surface area (Å²) in [5, 5.41) is 9.30. The second kappa shape index (κ2) is 2.34. The first-order chi connectivity index (χ1) is 5.31. The molecule has 0 unspecified atom stereocenters. The van der Waals surface area contributed by atoms with Gasteiger partial charge in [-0.15, -0.1) is 0 Å². The van der Waals surface area contributed by atoms with Gasteiger partial charge in [-0.2, -0.15) is 0 Å². The van der Waals surface area contributed by atoms with Crippen molar-refractivity contribution in [3.63, 3.8) is 0 Å². The maximum atomic E-state index is 9.30. The second-order valence-electron chi connectivity index (χ2n) is 2.99. The van der Waals surface area contributed by atoms with Crippen LogP contribution in [0, 0.1) is 0 Å². The highest BCUT2D eigenvalue weighted by atomic mass is 16.3. The van der Waals surface area contributed by atoms with Crippen LogP contribution in [-0.4, -0.2) is 20.8 Å². The molecule has 1 aromatic rings.